The van der Waals surface area contributed by atoms with Gasteiger partial charge in [-0.3, -0.25) is 0 Å². The maximum absolute atomic E-state index is 12.3. The zero-order chi connectivity index (χ0) is 16.7. The van der Waals surface area contributed by atoms with E-state index in [-0.39, 0.29) is 5.63 Å². The molecule has 4 rings (SSSR count). The van der Waals surface area contributed by atoms with E-state index in [9.17, 15) is 4.79 Å². The van der Waals surface area contributed by atoms with Gasteiger partial charge in [0, 0.05) is 21.4 Å². The Morgan fingerprint density at radius 2 is 2.12 bits per heavy atom. The van der Waals surface area contributed by atoms with E-state index >= 15 is 0 Å². The molecular formula is C19H19NO2S2. The summed E-state index contributed by atoms with van der Waals surface area (Å²) < 4.78 is 5.74. The van der Waals surface area contributed by atoms with E-state index < -0.39 is 0 Å². The lowest BCUT2D eigenvalue weighted by atomic mass is 9.94. The van der Waals surface area contributed by atoms with Crippen LogP contribution in [-0.4, -0.2) is 15.5 Å². The number of rotatable bonds is 2. The minimum Gasteiger partial charge on any atom is -0.422 e. The van der Waals surface area contributed by atoms with Crippen LogP contribution in [0.15, 0.2) is 44.9 Å². The van der Waals surface area contributed by atoms with Crippen LogP contribution >= 0.6 is 23.1 Å². The molecule has 0 saturated carbocycles. The number of aromatic nitrogens is 1. The van der Waals surface area contributed by atoms with Gasteiger partial charge in [0.2, 0.25) is 0 Å². The number of para-hydroxylation sites is 1. The molecule has 0 aliphatic carbocycles. The van der Waals surface area contributed by atoms with Gasteiger partial charge in [0.15, 0.2) is 0 Å². The van der Waals surface area contributed by atoms with Crippen LogP contribution in [0, 0.1) is 0 Å². The molecular weight excluding hydrogens is 338 g/mol. The van der Waals surface area contributed by atoms with Gasteiger partial charge in [-0.05, 0) is 30.7 Å². The predicted molar refractivity (Wildman–Crippen MR) is 102 cm³/mol. The largest absolute Gasteiger partial charge is 0.422 e. The quantitative estimate of drug-likeness (QED) is 0.583. The first-order valence-corrected chi connectivity index (χ1v) is 10.0. The highest BCUT2D eigenvalue weighted by atomic mass is 32.2. The standard InChI is InChI=1S/C19H19NO2S2/c1-19(2)10-13(7-8-24-19)17-20-15(11-23-17)14-9-12-5-3-4-6-16(12)22-18(14)21/h3-6,9,11,13H,7-8,10H2,1-2H3/t13-/m1/s1. The average Bonchev–Trinajstić information content (AvgIpc) is 3.03. The maximum Gasteiger partial charge on any atom is 0.345 e. The Morgan fingerprint density at radius 3 is 2.96 bits per heavy atom. The Kier molecular flexibility index (Phi) is 4.01. The topological polar surface area (TPSA) is 43.1 Å². The lowest BCUT2D eigenvalue weighted by Crippen LogP contribution is -2.25. The molecule has 3 aromatic rings. The van der Waals surface area contributed by atoms with Gasteiger partial charge in [0.05, 0.1) is 16.3 Å². The van der Waals surface area contributed by atoms with Gasteiger partial charge in [0.1, 0.15) is 5.58 Å². The van der Waals surface area contributed by atoms with Crippen LogP contribution in [0.2, 0.25) is 0 Å². The highest BCUT2D eigenvalue weighted by Crippen LogP contribution is 2.44. The van der Waals surface area contributed by atoms with Gasteiger partial charge >= 0.3 is 5.63 Å². The van der Waals surface area contributed by atoms with Gasteiger partial charge in [-0.2, -0.15) is 11.8 Å². The Morgan fingerprint density at radius 1 is 1.29 bits per heavy atom. The van der Waals surface area contributed by atoms with Crippen molar-refractivity contribution in [2.75, 3.05) is 5.75 Å². The van der Waals surface area contributed by atoms with Gasteiger partial charge in [-0.15, -0.1) is 11.3 Å². The third-order valence-electron chi connectivity index (χ3n) is 4.49. The Labute approximate surface area is 149 Å². The molecule has 1 aromatic carbocycles. The lowest BCUT2D eigenvalue weighted by Gasteiger charge is -2.33. The van der Waals surface area contributed by atoms with Crippen LogP contribution in [0.1, 0.15) is 37.6 Å². The lowest BCUT2D eigenvalue weighted by molar-refractivity contribution is 0.504. The molecule has 3 heterocycles. The molecule has 0 N–H and O–H groups in total. The summed E-state index contributed by atoms with van der Waals surface area (Å²) in [7, 11) is 0. The number of hydrogen-bond acceptors (Lipinski definition) is 5. The van der Waals surface area contributed by atoms with Crippen LogP contribution in [-0.2, 0) is 0 Å². The fourth-order valence-electron chi connectivity index (χ4n) is 3.28. The second-order valence-corrected chi connectivity index (χ2v) is 9.55. The summed E-state index contributed by atoms with van der Waals surface area (Å²) in [5.74, 6) is 1.66. The number of thioether (sulfide) groups is 1. The monoisotopic (exact) mass is 357 g/mol. The van der Waals surface area contributed by atoms with Crippen molar-refractivity contribution in [3.05, 3.63) is 51.1 Å². The predicted octanol–water partition coefficient (Wildman–Crippen LogP) is 5.31. The van der Waals surface area contributed by atoms with Gasteiger partial charge in [-0.1, -0.05) is 32.0 Å². The highest BCUT2D eigenvalue weighted by molar-refractivity contribution is 8.00. The van der Waals surface area contributed by atoms with Crippen molar-refractivity contribution in [2.24, 2.45) is 0 Å². The molecule has 3 nitrogen and oxygen atoms in total. The van der Waals surface area contributed by atoms with Gasteiger partial charge in [-0.25, -0.2) is 9.78 Å². The normalized spacial score (nSPS) is 20.3. The summed E-state index contributed by atoms with van der Waals surface area (Å²) in [5, 5.41) is 4.06. The van der Waals surface area contributed by atoms with E-state index in [0.717, 1.165) is 28.9 Å². The van der Waals surface area contributed by atoms with Crippen molar-refractivity contribution in [3.8, 4) is 11.3 Å². The van der Waals surface area contributed by atoms with Crippen LogP contribution in [0.3, 0.4) is 0 Å². The molecule has 0 bridgehead atoms. The minimum absolute atomic E-state index is 0.302. The molecule has 0 spiro atoms. The molecule has 5 heteroatoms. The second-order valence-electron chi connectivity index (χ2n) is 6.85. The fraction of sp³-hybridized carbons (Fsp3) is 0.368. The summed E-state index contributed by atoms with van der Waals surface area (Å²) in [6.07, 6.45) is 2.30. The fourth-order valence-corrected chi connectivity index (χ4v) is 5.51. The molecule has 124 valence electrons. The molecule has 0 unspecified atom stereocenters. The minimum atomic E-state index is -0.315. The van der Waals surface area contributed by atoms with Crippen molar-refractivity contribution in [1.29, 1.82) is 0 Å². The van der Waals surface area contributed by atoms with E-state index in [0.29, 0.717) is 21.8 Å². The first-order chi connectivity index (χ1) is 11.5. The first kappa shape index (κ1) is 15.9. The van der Waals surface area contributed by atoms with Crippen molar-refractivity contribution in [3.63, 3.8) is 0 Å². The number of thiazole rings is 1. The molecule has 1 aliphatic rings. The zero-order valence-corrected chi connectivity index (χ0v) is 15.4. The van der Waals surface area contributed by atoms with Crippen molar-refractivity contribution in [1.82, 2.24) is 4.98 Å². The summed E-state index contributed by atoms with van der Waals surface area (Å²) in [5.41, 5.74) is 1.60. The van der Waals surface area contributed by atoms with Crippen LogP contribution in [0.5, 0.6) is 0 Å². The van der Waals surface area contributed by atoms with E-state index in [4.69, 9.17) is 9.40 Å². The molecule has 1 fully saturated rings. The van der Waals surface area contributed by atoms with E-state index in [2.05, 4.69) is 13.8 Å². The summed E-state index contributed by atoms with van der Waals surface area (Å²) in [6, 6.07) is 9.47. The molecule has 2 aromatic heterocycles. The third kappa shape index (κ3) is 3.03. The number of benzene rings is 1. The second kappa shape index (κ2) is 6.05. The Bertz CT molecular complexity index is 942. The summed E-state index contributed by atoms with van der Waals surface area (Å²) in [4.78, 5) is 17.1. The molecule has 0 amide bonds. The van der Waals surface area contributed by atoms with Crippen molar-refractivity contribution < 1.29 is 4.42 Å². The van der Waals surface area contributed by atoms with Crippen LogP contribution in [0.4, 0.5) is 0 Å². The molecule has 24 heavy (non-hydrogen) atoms. The highest BCUT2D eigenvalue weighted by Gasteiger charge is 2.31. The SMILES string of the molecule is CC1(C)C[C@H](c2nc(-c3cc4ccccc4oc3=O)cs2)CCS1. The molecule has 1 saturated heterocycles. The summed E-state index contributed by atoms with van der Waals surface area (Å²) >= 11 is 3.70. The maximum atomic E-state index is 12.3. The Hall–Kier alpha value is -1.59. The number of fused-ring (bicyclic) bond motifs is 1. The molecule has 1 atom stereocenters. The van der Waals surface area contributed by atoms with E-state index in [1.54, 1.807) is 11.3 Å². The van der Waals surface area contributed by atoms with Gasteiger partial charge in [0.25, 0.3) is 0 Å². The van der Waals surface area contributed by atoms with Crippen LogP contribution < -0.4 is 5.63 Å². The van der Waals surface area contributed by atoms with E-state index in [1.165, 1.54) is 5.75 Å². The number of nitrogens with zero attached hydrogens (tertiary/aromatic N) is 1. The zero-order valence-electron chi connectivity index (χ0n) is 13.7. The Balaban J connectivity index is 1.70. The third-order valence-corrected chi connectivity index (χ3v) is 6.88. The van der Waals surface area contributed by atoms with E-state index in [1.807, 2.05) is 47.5 Å². The molecule has 0 radical (unpaired) electrons. The van der Waals surface area contributed by atoms with Gasteiger partial charge < -0.3 is 4.42 Å². The molecule has 1 aliphatic heterocycles. The van der Waals surface area contributed by atoms with Crippen molar-refractivity contribution >= 4 is 34.1 Å². The summed E-state index contributed by atoms with van der Waals surface area (Å²) in [6.45, 7) is 4.60. The van der Waals surface area contributed by atoms with Crippen molar-refractivity contribution in [2.45, 2.75) is 37.4 Å². The first-order valence-electron chi connectivity index (χ1n) is 8.14. The van der Waals surface area contributed by atoms with Crippen LogP contribution in [0.25, 0.3) is 22.2 Å². The smallest absolute Gasteiger partial charge is 0.345 e. The number of hydrogen-bond donors (Lipinski definition) is 0. The average molecular weight is 358 g/mol.